The van der Waals surface area contributed by atoms with Crippen LogP contribution in [0.1, 0.15) is 26.2 Å². The van der Waals surface area contributed by atoms with Crippen LogP contribution in [0, 0.1) is 12.8 Å². The van der Waals surface area contributed by atoms with Gasteiger partial charge in [-0.25, -0.2) is 0 Å². The Morgan fingerprint density at radius 3 is 2.67 bits per heavy atom. The molecule has 1 rings (SSSR count). The predicted molar refractivity (Wildman–Crippen MR) is 55.1 cm³/mol. The van der Waals surface area contributed by atoms with Crippen LogP contribution < -0.4 is 11.1 Å². The molecule has 15 heavy (non-hydrogen) atoms. The first kappa shape index (κ1) is 11.6. The summed E-state index contributed by atoms with van der Waals surface area (Å²) in [6.45, 7) is 5.66. The molecule has 0 spiro atoms. The average molecular weight is 212 g/mol. The zero-order chi connectivity index (χ0) is 11.4. The zero-order valence-electron chi connectivity index (χ0n) is 9.15. The molecule has 0 unspecified atom stereocenters. The third-order valence-electron chi connectivity index (χ3n) is 1.82. The van der Waals surface area contributed by atoms with Gasteiger partial charge < -0.3 is 10.2 Å². The molecular formula is C9H16N4O2. The van der Waals surface area contributed by atoms with Crippen LogP contribution in [0.3, 0.4) is 0 Å². The van der Waals surface area contributed by atoms with E-state index in [2.05, 4.69) is 15.5 Å². The summed E-state index contributed by atoms with van der Waals surface area (Å²) in [6.07, 6.45) is 0.624. The molecule has 0 bridgehead atoms. The first-order chi connectivity index (χ1) is 6.99. The maximum atomic E-state index is 11.5. The Hall–Kier alpha value is -1.43. The largest absolute Gasteiger partial charge is 0.408 e. The van der Waals surface area contributed by atoms with Gasteiger partial charge in [-0.05, 0) is 12.3 Å². The Morgan fingerprint density at radius 1 is 1.53 bits per heavy atom. The molecule has 1 aromatic rings. The minimum Gasteiger partial charge on any atom is -0.408 e. The van der Waals surface area contributed by atoms with E-state index in [9.17, 15) is 4.79 Å². The number of hydrogen-bond acceptors (Lipinski definition) is 5. The average Bonchev–Trinajstić information content (AvgIpc) is 2.50. The SMILES string of the molecule is Cc1nnc(NC(=O)[C@@H](N)CC(C)C)o1. The molecule has 3 N–H and O–H groups in total. The summed E-state index contributed by atoms with van der Waals surface area (Å²) < 4.78 is 5.00. The highest BCUT2D eigenvalue weighted by molar-refractivity contribution is 5.92. The summed E-state index contributed by atoms with van der Waals surface area (Å²) in [6, 6.07) is -0.450. The molecule has 6 nitrogen and oxygen atoms in total. The molecule has 0 aliphatic carbocycles. The molecule has 0 aliphatic rings. The lowest BCUT2D eigenvalue weighted by Crippen LogP contribution is -2.36. The highest BCUT2D eigenvalue weighted by Gasteiger charge is 2.17. The molecule has 1 aromatic heterocycles. The van der Waals surface area contributed by atoms with Crippen molar-refractivity contribution in [2.45, 2.75) is 33.2 Å². The molecule has 84 valence electrons. The number of rotatable bonds is 4. The molecule has 0 aromatic carbocycles. The summed E-state index contributed by atoms with van der Waals surface area (Å²) in [5, 5.41) is 9.69. The van der Waals surface area contributed by atoms with Gasteiger partial charge in [0.2, 0.25) is 11.8 Å². The quantitative estimate of drug-likeness (QED) is 0.765. The van der Waals surface area contributed by atoms with Gasteiger partial charge >= 0.3 is 6.01 Å². The summed E-state index contributed by atoms with van der Waals surface area (Å²) in [4.78, 5) is 11.5. The van der Waals surface area contributed by atoms with E-state index in [4.69, 9.17) is 10.2 Å². The molecule has 0 radical (unpaired) electrons. The third-order valence-corrected chi connectivity index (χ3v) is 1.82. The number of nitrogens with two attached hydrogens (primary N) is 1. The van der Waals surface area contributed by atoms with E-state index in [1.54, 1.807) is 6.92 Å². The van der Waals surface area contributed by atoms with Crippen LogP contribution in [0.5, 0.6) is 0 Å². The van der Waals surface area contributed by atoms with E-state index in [0.29, 0.717) is 18.2 Å². The van der Waals surface area contributed by atoms with Crippen LogP contribution in [0.25, 0.3) is 0 Å². The van der Waals surface area contributed by atoms with Gasteiger partial charge in [0.1, 0.15) is 0 Å². The van der Waals surface area contributed by atoms with Crippen molar-refractivity contribution in [1.29, 1.82) is 0 Å². The number of aryl methyl sites for hydroxylation is 1. The molecule has 1 atom stereocenters. The van der Waals surface area contributed by atoms with Crippen molar-refractivity contribution in [2.24, 2.45) is 11.7 Å². The Kier molecular flexibility index (Phi) is 3.79. The first-order valence-corrected chi connectivity index (χ1v) is 4.85. The van der Waals surface area contributed by atoms with E-state index in [-0.39, 0.29) is 11.9 Å². The van der Waals surface area contributed by atoms with Gasteiger partial charge in [-0.15, -0.1) is 5.10 Å². The number of carbonyl (C=O) groups excluding carboxylic acids is 1. The summed E-state index contributed by atoms with van der Waals surface area (Å²) >= 11 is 0. The normalized spacial score (nSPS) is 12.9. The Labute approximate surface area is 88.2 Å². The molecule has 0 fully saturated rings. The zero-order valence-corrected chi connectivity index (χ0v) is 9.15. The van der Waals surface area contributed by atoms with Crippen molar-refractivity contribution in [1.82, 2.24) is 10.2 Å². The van der Waals surface area contributed by atoms with Gasteiger partial charge in [-0.2, -0.15) is 0 Å². The van der Waals surface area contributed by atoms with E-state index in [1.807, 2.05) is 13.8 Å². The van der Waals surface area contributed by atoms with Crippen LogP contribution in [0.4, 0.5) is 6.01 Å². The van der Waals surface area contributed by atoms with Crippen molar-refractivity contribution in [3.05, 3.63) is 5.89 Å². The van der Waals surface area contributed by atoms with Gasteiger partial charge in [-0.3, -0.25) is 10.1 Å². The predicted octanol–water partition coefficient (Wildman–Crippen LogP) is 0.690. The lowest BCUT2D eigenvalue weighted by molar-refractivity contribution is -0.117. The van der Waals surface area contributed by atoms with Crippen LogP contribution in [0.2, 0.25) is 0 Å². The van der Waals surface area contributed by atoms with Gasteiger partial charge in [0.05, 0.1) is 6.04 Å². The maximum Gasteiger partial charge on any atom is 0.322 e. The monoisotopic (exact) mass is 212 g/mol. The molecular weight excluding hydrogens is 196 g/mol. The van der Waals surface area contributed by atoms with Crippen LogP contribution in [0.15, 0.2) is 4.42 Å². The first-order valence-electron chi connectivity index (χ1n) is 4.85. The van der Waals surface area contributed by atoms with Crippen LogP contribution in [-0.2, 0) is 4.79 Å². The molecule has 0 saturated carbocycles. The number of anilines is 1. The van der Waals surface area contributed by atoms with Crippen molar-refractivity contribution in [3.63, 3.8) is 0 Å². The number of aromatic nitrogens is 2. The number of nitrogens with zero attached hydrogens (tertiary/aromatic N) is 2. The Balaban J connectivity index is 2.48. The van der Waals surface area contributed by atoms with Crippen molar-refractivity contribution < 1.29 is 9.21 Å². The minimum absolute atomic E-state index is 0.0942. The number of carbonyl (C=O) groups is 1. The summed E-state index contributed by atoms with van der Waals surface area (Å²) in [5.74, 6) is 0.477. The van der Waals surface area contributed by atoms with E-state index < -0.39 is 6.04 Å². The minimum atomic E-state index is -0.544. The smallest absolute Gasteiger partial charge is 0.322 e. The summed E-state index contributed by atoms with van der Waals surface area (Å²) in [5.41, 5.74) is 5.67. The lowest BCUT2D eigenvalue weighted by atomic mass is 10.0. The highest BCUT2D eigenvalue weighted by Crippen LogP contribution is 2.07. The van der Waals surface area contributed by atoms with E-state index in [0.717, 1.165) is 0 Å². The standard InChI is InChI=1S/C9H16N4O2/c1-5(2)4-7(10)8(14)11-9-13-12-6(3)15-9/h5,7H,4,10H2,1-3H3,(H,11,13,14)/t7-/m0/s1. The second kappa shape index (κ2) is 4.88. The van der Waals surface area contributed by atoms with Crippen molar-refractivity contribution in [2.75, 3.05) is 5.32 Å². The second-order valence-electron chi connectivity index (χ2n) is 3.85. The van der Waals surface area contributed by atoms with Gasteiger partial charge in [0, 0.05) is 6.92 Å². The van der Waals surface area contributed by atoms with Gasteiger partial charge in [0.25, 0.3) is 0 Å². The lowest BCUT2D eigenvalue weighted by Gasteiger charge is -2.11. The van der Waals surface area contributed by atoms with Gasteiger partial charge in [-0.1, -0.05) is 18.9 Å². The number of amides is 1. The van der Waals surface area contributed by atoms with E-state index >= 15 is 0 Å². The maximum absolute atomic E-state index is 11.5. The van der Waals surface area contributed by atoms with Crippen LogP contribution >= 0.6 is 0 Å². The van der Waals surface area contributed by atoms with Crippen molar-refractivity contribution in [3.8, 4) is 0 Å². The molecule has 1 heterocycles. The molecule has 0 saturated heterocycles. The van der Waals surface area contributed by atoms with Crippen LogP contribution in [-0.4, -0.2) is 22.1 Å². The Bertz CT molecular complexity index is 335. The fraction of sp³-hybridized carbons (Fsp3) is 0.667. The topological polar surface area (TPSA) is 94.0 Å². The molecule has 1 amide bonds. The summed E-state index contributed by atoms with van der Waals surface area (Å²) in [7, 11) is 0. The number of hydrogen-bond donors (Lipinski definition) is 2. The third kappa shape index (κ3) is 3.67. The number of nitrogens with one attached hydrogen (secondary N) is 1. The molecule has 6 heteroatoms. The van der Waals surface area contributed by atoms with E-state index in [1.165, 1.54) is 0 Å². The van der Waals surface area contributed by atoms with Gasteiger partial charge in [0.15, 0.2) is 0 Å². The second-order valence-corrected chi connectivity index (χ2v) is 3.85. The fourth-order valence-electron chi connectivity index (χ4n) is 1.16. The molecule has 0 aliphatic heterocycles. The Morgan fingerprint density at radius 2 is 2.20 bits per heavy atom. The highest BCUT2D eigenvalue weighted by atomic mass is 16.4. The fourth-order valence-corrected chi connectivity index (χ4v) is 1.16. The van der Waals surface area contributed by atoms with Crippen molar-refractivity contribution >= 4 is 11.9 Å².